The van der Waals surface area contributed by atoms with Gasteiger partial charge in [-0.25, -0.2) is 0 Å². The highest BCUT2D eigenvalue weighted by Crippen LogP contribution is 2.38. The van der Waals surface area contributed by atoms with E-state index in [2.05, 4.69) is 6.92 Å². The number of aliphatic hydroxyl groups is 1. The topological polar surface area (TPSA) is 43.8 Å². The van der Waals surface area contributed by atoms with Crippen LogP contribution in [-0.2, 0) is 4.79 Å². The second-order valence-electron chi connectivity index (χ2n) is 7.94. The number of nitrogens with zero attached hydrogens (tertiary/aromatic N) is 2. The fourth-order valence-electron chi connectivity index (χ4n) is 4.09. The van der Waals surface area contributed by atoms with E-state index in [0.717, 1.165) is 38.5 Å². The Hall–Kier alpha value is -0.820. The SMILES string of the molecule is CC1CCC(N(C(=O)CN2CCC(O)(C(F)(F)F)C2)C2CC2)CC1. The Morgan fingerprint density at radius 3 is 2.17 bits per heavy atom. The first kappa shape index (κ1) is 18.0. The van der Waals surface area contributed by atoms with Gasteiger partial charge in [0.05, 0.1) is 6.54 Å². The van der Waals surface area contributed by atoms with Crippen molar-refractivity contribution in [3.63, 3.8) is 0 Å². The molecular formula is C17H27F3N2O2. The predicted octanol–water partition coefficient (Wildman–Crippen LogP) is 2.56. The van der Waals surface area contributed by atoms with Crippen LogP contribution in [0.4, 0.5) is 13.2 Å². The van der Waals surface area contributed by atoms with E-state index in [1.54, 1.807) is 0 Å². The molecule has 1 heterocycles. The average Bonchev–Trinajstić information content (AvgIpc) is 3.24. The minimum Gasteiger partial charge on any atom is -0.379 e. The Balaban J connectivity index is 1.59. The number of amides is 1. The Labute approximate surface area is 141 Å². The Bertz CT molecular complexity index is 473. The van der Waals surface area contributed by atoms with Crippen molar-refractivity contribution in [3.05, 3.63) is 0 Å². The van der Waals surface area contributed by atoms with Gasteiger partial charge in [0, 0.05) is 25.2 Å². The Kier molecular flexibility index (Phi) is 4.86. The summed E-state index contributed by atoms with van der Waals surface area (Å²) in [6, 6.07) is 0.519. The summed E-state index contributed by atoms with van der Waals surface area (Å²) in [4.78, 5) is 16.2. The summed E-state index contributed by atoms with van der Waals surface area (Å²) in [7, 11) is 0. The standard InChI is InChI=1S/C17H27F3N2O2/c1-12-2-4-13(5-3-12)22(14-6-7-14)15(23)10-21-9-8-16(24,11-21)17(18,19)20/h12-14,24H,2-11H2,1H3. The highest BCUT2D eigenvalue weighted by Gasteiger charge is 2.57. The smallest absolute Gasteiger partial charge is 0.379 e. The van der Waals surface area contributed by atoms with Crippen molar-refractivity contribution in [2.75, 3.05) is 19.6 Å². The number of rotatable bonds is 4. The molecule has 0 aromatic rings. The number of likely N-dealkylation sites (tertiary alicyclic amines) is 1. The van der Waals surface area contributed by atoms with Crippen molar-refractivity contribution in [2.45, 2.75) is 75.7 Å². The number of β-amino-alcohol motifs (C(OH)–C–C–N with tert-alkyl or cyclic N) is 1. The van der Waals surface area contributed by atoms with Gasteiger partial charge in [0.2, 0.25) is 5.91 Å². The van der Waals surface area contributed by atoms with Crippen molar-refractivity contribution >= 4 is 5.91 Å². The second kappa shape index (κ2) is 6.48. The zero-order valence-corrected chi connectivity index (χ0v) is 14.2. The van der Waals surface area contributed by atoms with Gasteiger partial charge in [0.25, 0.3) is 0 Å². The largest absolute Gasteiger partial charge is 0.418 e. The van der Waals surface area contributed by atoms with Crippen LogP contribution < -0.4 is 0 Å². The molecule has 2 saturated carbocycles. The highest BCUT2D eigenvalue weighted by atomic mass is 19.4. The number of hydrogen-bond acceptors (Lipinski definition) is 3. The molecule has 138 valence electrons. The molecule has 0 bridgehead atoms. The lowest BCUT2D eigenvalue weighted by atomic mass is 9.86. The molecule has 1 atom stereocenters. The Morgan fingerprint density at radius 1 is 1.17 bits per heavy atom. The van der Waals surface area contributed by atoms with Crippen LogP contribution in [0.3, 0.4) is 0 Å². The molecule has 0 aromatic heterocycles. The number of halogens is 3. The van der Waals surface area contributed by atoms with E-state index < -0.39 is 18.3 Å². The molecule has 3 fully saturated rings. The molecule has 1 saturated heterocycles. The lowest BCUT2D eigenvalue weighted by Crippen LogP contribution is -2.50. The summed E-state index contributed by atoms with van der Waals surface area (Å²) in [6.45, 7) is 1.83. The summed E-state index contributed by atoms with van der Waals surface area (Å²) in [6.07, 6.45) is 1.23. The molecule has 24 heavy (non-hydrogen) atoms. The lowest BCUT2D eigenvalue weighted by molar-refractivity contribution is -0.253. The van der Waals surface area contributed by atoms with E-state index in [4.69, 9.17) is 0 Å². The second-order valence-corrected chi connectivity index (χ2v) is 7.94. The summed E-state index contributed by atoms with van der Waals surface area (Å²) >= 11 is 0. The number of hydrogen-bond donors (Lipinski definition) is 1. The van der Waals surface area contributed by atoms with Gasteiger partial charge in [-0.15, -0.1) is 0 Å². The molecule has 1 aliphatic heterocycles. The number of carbonyl (C=O) groups is 1. The molecular weight excluding hydrogens is 321 g/mol. The number of alkyl halides is 3. The molecule has 1 amide bonds. The van der Waals surface area contributed by atoms with Crippen LogP contribution in [0.25, 0.3) is 0 Å². The highest BCUT2D eigenvalue weighted by molar-refractivity contribution is 5.79. The van der Waals surface area contributed by atoms with Crippen LogP contribution in [0.2, 0.25) is 0 Å². The molecule has 1 N–H and O–H groups in total. The molecule has 3 rings (SSSR count). The molecule has 1 unspecified atom stereocenters. The van der Waals surface area contributed by atoms with Crippen molar-refractivity contribution in [1.29, 1.82) is 0 Å². The van der Waals surface area contributed by atoms with Crippen LogP contribution in [0.15, 0.2) is 0 Å². The van der Waals surface area contributed by atoms with Gasteiger partial charge in [-0.3, -0.25) is 9.69 Å². The van der Waals surface area contributed by atoms with E-state index >= 15 is 0 Å². The van der Waals surface area contributed by atoms with E-state index in [1.165, 1.54) is 4.90 Å². The molecule has 3 aliphatic rings. The van der Waals surface area contributed by atoms with Gasteiger partial charge in [-0.1, -0.05) is 6.92 Å². The van der Waals surface area contributed by atoms with Gasteiger partial charge in [-0.05, 0) is 50.9 Å². The van der Waals surface area contributed by atoms with Gasteiger partial charge in [0.1, 0.15) is 0 Å². The van der Waals surface area contributed by atoms with Crippen LogP contribution in [-0.4, -0.2) is 64.3 Å². The number of carbonyl (C=O) groups excluding carboxylic acids is 1. The third kappa shape index (κ3) is 3.72. The van der Waals surface area contributed by atoms with Crippen molar-refractivity contribution in [2.24, 2.45) is 5.92 Å². The molecule has 0 radical (unpaired) electrons. The van der Waals surface area contributed by atoms with E-state index in [1.807, 2.05) is 4.90 Å². The van der Waals surface area contributed by atoms with Gasteiger partial charge in [0.15, 0.2) is 5.60 Å². The predicted molar refractivity (Wildman–Crippen MR) is 83.3 cm³/mol. The average molecular weight is 348 g/mol. The van der Waals surface area contributed by atoms with Gasteiger partial charge < -0.3 is 10.0 Å². The molecule has 0 aromatic carbocycles. The monoisotopic (exact) mass is 348 g/mol. The van der Waals surface area contributed by atoms with E-state index in [-0.39, 0.29) is 37.5 Å². The lowest BCUT2D eigenvalue weighted by Gasteiger charge is -2.37. The molecule has 7 heteroatoms. The summed E-state index contributed by atoms with van der Waals surface area (Å²) in [5, 5.41) is 9.76. The molecule has 4 nitrogen and oxygen atoms in total. The molecule has 0 spiro atoms. The van der Waals surface area contributed by atoms with Crippen LogP contribution >= 0.6 is 0 Å². The maximum atomic E-state index is 12.9. The van der Waals surface area contributed by atoms with Crippen LogP contribution in [0.5, 0.6) is 0 Å². The van der Waals surface area contributed by atoms with Crippen LogP contribution in [0.1, 0.15) is 51.9 Å². The fraction of sp³-hybridized carbons (Fsp3) is 0.941. The minimum atomic E-state index is -4.64. The normalized spacial score (nSPS) is 35.2. The van der Waals surface area contributed by atoms with E-state index in [0.29, 0.717) is 5.92 Å². The van der Waals surface area contributed by atoms with Crippen molar-refractivity contribution in [1.82, 2.24) is 9.80 Å². The quantitative estimate of drug-likeness (QED) is 0.849. The summed E-state index contributed by atoms with van der Waals surface area (Å²) in [5.41, 5.74) is -2.67. The maximum absolute atomic E-state index is 12.9. The maximum Gasteiger partial charge on any atom is 0.418 e. The fourth-order valence-corrected chi connectivity index (χ4v) is 4.09. The molecule has 2 aliphatic carbocycles. The van der Waals surface area contributed by atoms with Gasteiger partial charge in [-0.2, -0.15) is 13.2 Å². The summed E-state index contributed by atoms with van der Waals surface area (Å²) in [5.74, 6) is 0.626. The first-order chi connectivity index (χ1) is 11.2. The van der Waals surface area contributed by atoms with Crippen LogP contribution in [0, 0.1) is 5.92 Å². The van der Waals surface area contributed by atoms with Crippen molar-refractivity contribution < 1.29 is 23.1 Å². The van der Waals surface area contributed by atoms with E-state index in [9.17, 15) is 23.1 Å². The first-order valence-corrected chi connectivity index (χ1v) is 9.02. The Morgan fingerprint density at radius 2 is 1.71 bits per heavy atom. The zero-order chi connectivity index (χ0) is 17.5. The third-order valence-electron chi connectivity index (χ3n) is 5.82. The first-order valence-electron chi connectivity index (χ1n) is 9.02. The van der Waals surface area contributed by atoms with Crippen molar-refractivity contribution in [3.8, 4) is 0 Å². The third-order valence-corrected chi connectivity index (χ3v) is 5.82. The van der Waals surface area contributed by atoms with Gasteiger partial charge >= 0.3 is 6.18 Å². The zero-order valence-electron chi connectivity index (χ0n) is 14.2. The minimum absolute atomic E-state index is 0.0130. The summed E-state index contributed by atoms with van der Waals surface area (Å²) < 4.78 is 38.7.